The normalized spacial score (nSPS) is 10.9. The number of fused-ring (bicyclic) bond motifs is 2. The smallest absolute Gasteiger partial charge is 0.512 e. The summed E-state index contributed by atoms with van der Waals surface area (Å²) < 4.78 is 5.26. The van der Waals surface area contributed by atoms with Gasteiger partial charge in [0, 0.05) is 44.5 Å². The van der Waals surface area contributed by atoms with E-state index in [0.29, 0.717) is 62.5 Å². The lowest BCUT2D eigenvalue weighted by molar-refractivity contribution is 0.288. The molecule has 0 radical (unpaired) electrons. The predicted molar refractivity (Wildman–Crippen MR) is 355 cm³/mol. The second kappa shape index (κ2) is 26.7. The summed E-state index contributed by atoms with van der Waals surface area (Å²) in [6, 6.07) is 71.9. The number of benzene rings is 10. The Morgan fingerprint density at radius 1 is 0.273 bits per heavy atom. The molecule has 0 aliphatic rings. The van der Waals surface area contributed by atoms with Gasteiger partial charge in [0.1, 0.15) is 5.75 Å². The van der Waals surface area contributed by atoms with E-state index in [2.05, 4.69) is 230 Å². The summed E-state index contributed by atoms with van der Waals surface area (Å²) in [5.41, 5.74) is 15.2. The highest BCUT2D eigenvalue weighted by atomic mass is 79.9. The summed E-state index contributed by atoms with van der Waals surface area (Å²) in [5, 5.41) is 39.1. The van der Waals surface area contributed by atoms with Crippen molar-refractivity contribution in [2.24, 2.45) is 0 Å². The highest BCUT2D eigenvalue weighted by molar-refractivity contribution is 9.10. The van der Waals surface area contributed by atoms with Crippen LogP contribution in [-0.2, 0) is 0 Å². The van der Waals surface area contributed by atoms with Crippen molar-refractivity contribution in [1.82, 2.24) is 44.9 Å². The molecule has 10 aromatic carbocycles. The Kier molecular flexibility index (Phi) is 18.1. The molecular formula is C71H58B2BrN9O5. The third-order valence-corrected chi connectivity index (χ3v) is 14.8. The van der Waals surface area contributed by atoms with E-state index in [9.17, 15) is 0 Å². The first kappa shape index (κ1) is 59.7. The highest BCUT2D eigenvalue weighted by Crippen LogP contribution is 2.32. The lowest BCUT2D eigenvalue weighted by Crippen LogP contribution is -2.29. The van der Waals surface area contributed by atoms with E-state index < -0.39 is 14.4 Å². The Hall–Kier alpha value is -10.0. The zero-order chi connectivity index (χ0) is 61.4. The molecule has 14 nitrogen and oxygen atoms in total. The van der Waals surface area contributed by atoms with Crippen molar-refractivity contribution in [2.45, 2.75) is 41.5 Å². The van der Waals surface area contributed by atoms with E-state index in [1.54, 1.807) is 36.4 Å². The molecule has 3 aromatic heterocycles. The largest absolute Gasteiger partial charge is 0.707 e. The molecule has 0 fully saturated rings. The van der Waals surface area contributed by atoms with Gasteiger partial charge in [0.05, 0.1) is 0 Å². The van der Waals surface area contributed by atoms with Crippen LogP contribution in [0.3, 0.4) is 0 Å². The van der Waals surface area contributed by atoms with Crippen molar-refractivity contribution in [3.05, 3.63) is 257 Å². The van der Waals surface area contributed by atoms with Gasteiger partial charge in [-0.3, -0.25) is 0 Å². The second-order valence-corrected chi connectivity index (χ2v) is 22.1. The van der Waals surface area contributed by atoms with Crippen molar-refractivity contribution in [3.63, 3.8) is 0 Å². The van der Waals surface area contributed by atoms with Gasteiger partial charge in [-0.05, 0) is 109 Å². The van der Waals surface area contributed by atoms with E-state index in [1.165, 1.54) is 33.4 Å². The van der Waals surface area contributed by atoms with E-state index >= 15 is 0 Å². The molecule has 0 aliphatic carbocycles. The second-order valence-electron chi connectivity index (χ2n) is 21.4. The van der Waals surface area contributed by atoms with Crippen molar-refractivity contribution in [3.8, 4) is 96.9 Å². The van der Waals surface area contributed by atoms with Crippen LogP contribution >= 0.6 is 15.9 Å². The first-order valence-electron chi connectivity index (χ1n) is 28.4. The van der Waals surface area contributed by atoms with Crippen LogP contribution in [-0.4, -0.2) is 79.4 Å². The summed E-state index contributed by atoms with van der Waals surface area (Å²) in [7, 11) is -3.36. The fraction of sp³-hybridized carbons (Fsp3) is 0.0845. The van der Waals surface area contributed by atoms with Gasteiger partial charge in [-0.15, -0.1) is 0 Å². The zero-order valence-electron chi connectivity index (χ0n) is 49.0. The molecule has 430 valence electrons. The summed E-state index contributed by atoms with van der Waals surface area (Å²) in [5.74, 6) is 5.49. The monoisotopic (exact) mass is 1220 g/mol. The maximum atomic E-state index is 9.02. The van der Waals surface area contributed by atoms with Gasteiger partial charge >= 0.3 is 14.4 Å². The number of rotatable bonds is 11. The molecular weight excluding hydrogens is 1160 g/mol. The van der Waals surface area contributed by atoms with Gasteiger partial charge in [0.15, 0.2) is 46.6 Å². The molecule has 0 saturated carbocycles. The van der Waals surface area contributed by atoms with Crippen LogP contribution in [0.2, 0.25) is 0 Å². The standard InChI is InChI=1S/C44H34N6.C17H14BrN3.C10H10B2O5/c1-27-5-13-31(14-6-27)39-45-40(32-15-7-28(2)8-16-32)48-43(47-39)37-23-21-36-26-38(24-22-35(36)25-37)44-49-41(33-17-9-29(3)10-18-33)46-42(50-44)34-19-11-30(4)12-20-34;1-11-3-7-13(8-4-11)15-19-16(21-17(18)20-15)14-9-5-12(2)6-10-14;13-11(14)9-3-1-8-6-10(17-12(15)16)4-2-7(8)5-9/h5-26H,1-4H3;3-10H,1-2H3;1-6,13-16H. The number of halogens is 1. The number of hydrogen-bond donors (Lipinski definition) is 4. The Morgan fingerprint density at radius 2 is 0.511 bits per heavy atom. The molecule has 0 atom stereocenters. The maximum absolute atomic E-state index is 9.02. The zero-order valence-corrected chi connectivity index (χ0v) is 50.6. The van der Waals surface area contributed by atoms with E-state index in [-0.39, 0.29) is 0 Å². The summed E-state index contributed by atoms with van der Waals surface area (Å²) in [6.07, 6.45) is 0. The Balaban J connectivity index is 0.000000171. The SMILES string of the molecule is Cc1ccc(-c2nc(-c3ccc(C)cc3)nc(-c3ccc4cc(-c5nc(-c6ccc(C)cc6)nc(-c6ccc(C)cc6)n5)ccc4c3)n2)cc1.Cc1ccc(-c2nc(Br)nc(-c3ccc(C)cc3)n2)cc1.OB(O)Oc1ccc2cc(B(O)O)ccc2c1. The molecule has 17 heteroatoms. The minimum absolute atomic E-state index is 0.324. The topological polar surface area (TPSA) is 206 Å². The summed E-state index contributed by atoms with van der Waals surface area (Å²) in [4.78, 5) is 42.9. The number of aromatic nitrogens is 9. The average Bonchev–Trinajstić information content (AvgIpc) is 1.39. The van der Waals surface area contributed by atoms with E-state index in [4.69, 9.17) is 54.7 Å². The molecule has 0 spiro atoms. The molecule has 4 N–H and O–H groups in total. The fourth-order valence-electron chi connectivity index (χ4n) is 9.47. The molecule has 13 aromatic rings. The van der Waals surface area contributed by atoms with Crippen LogP contribution in [0.15, 0.2) is 223 Å². The summed E-state index contributed by atoms with van der Waals surface area (Å²) >= 11 is 3.37. The van der Waals surface area contributed by atoms with Gasteiger partial charge in [0.2, 0.25) is 4.73 Å². The fourth-order valence-corrected chi connectivity index (χ4v) is 9.81. The molecule has 13 rings (SSSR count). The van der Waals surface area contributed by atoms with Gasteiger partial charge in [-0.2, -0.15) is 0 Å². The number of hydrogen-bond acceptors (Lipinski definition) is 14. The quantitative estimate of drug-likeness (QED) is 0.0890. The molecule has 0 unspecified atom stereocenters. The van der Waals surface area contributed by atoms with Gasteiger partial charge in [-0.1, -0.05) is 228 Å². The average molecular weight is 1220 g/mol. The third-order valence-electron chi connectivity index (χ3n) is 14.5. The minimum Gasteiger partial charge on any atom is -0.512 e. The molecule has 3 heterocycles. The van der Waals surface area contributed by atoms with Crippen LogP contribution in [0.4, 0.5) is 0 Å². The van der Waals surface area contributed by atoms with Gasteiger partial charge < -0.3 is 24.8 Å². The molecule has 88 heavy (non-hydrogen) atoms. The number of nitrogens with zero attached hydrogens (tertiary/aromatic N) is 9. The Bertz CT molecular complexity index is 4230. The van der Waals surface area contributed by atoms with Crippen molar-refractivity contribution in [2.75, 3.05) is 0 Å². The maximum Gasteiger partial charge on any atom is 0.707 e. The first-order valence-corrected chi connectivity index (χ1v) is 29.1. The minimum atomic E-state index is -1.86. The lowest BCUT2D eigenvalue weighted by atomic mass is 9.79. The van der Waals surface area contributed by atoms with Crippen molar-refractivity contribution >= 4 is 57.4 Å². The molecule has 0 bridgehead atoms. The van der Waals surface area contributed by atoms with Gasteiger partial charge in [0.25, 0.3) is 0 Å². The van der Waals surface area contributed by atoms with Crippen molar-refractivity contribution < 1.29 is 24.8 Å². The van der Waals surface area contributed by atoms with Crippen LogP contribution in [0.25, 0.3) is 113 Å². The predicted octanol–water partition coefficient (Wildman–Crippen LogP) is 13.9. The number of aryl methyl sites for hydroxylation is 6. The highest BCUT2D eigenvalue weighted by Gasteiger charge is 2.18. The van der Waals surface area contributed by atoms with Crippen LogP contribution in [0.1, 0.15) is 33.4 Å². The molecule has 0 saturated heterocycles. The first-order chi connectivity index (χ1) is 42.5. The van der Waals surface area contributed by atoms with Gasteiger partial charge in [-0.25, -0.2) is 44.9 Å². The van der Waals surface area contributed by atoms with Crippen molar-refractivity contribution in [1.29, 1.82) is 0 Å². The lowest BCUT2D eigenvalue weighted by Gasteiger charge is -2.11. The molecule has 0 amide bonds. The van der Waals surface area contributed by atoms with Crippen LogP contribution in [0, 0.1) is 41.5 Å². The van der Waals surface area contributed by atoms with E-state index in [1.807, 2.05) is 24.3 Å². The third kappa shape index (κ3) is 14.8. The van der Waals surface area contributed by atoms with Crippen LogP contribution < -0.4 is 10.1 Å². The van der Waals surface area contributed by atoms with E-state index in [0.717, 1.165) is 66.1 Å². The Morgan fingerprint density at radius 3 is 0.807 bits per heavy atom. The summed E-state index contributed by atoms with van der Waals surface area (Å²) in [6.45, 7) is 12.4. The molecule has 0 aliphatic heterocycles. The van der Waals surface area contributed by atoms with Crippen LogP contribution in [0.5, 0.6) is 5.75 Å². The Labute approximate surface area is 519 Å².